The van der Waals surface area contributed by atoms with Crippen molar-refractivity contribution in [2.45, 2.75) is 0 Å². The highest BCUT2D eigenvalue weighted by molar-refractivity contribution is 8.39. The molecule has 2 rings (SSSR count). The number of hydrogen-bond acceptors (Lipinski definition) is 6. The molecule has 0 aliphatic carbocycles. The molecule has 0 spiro atoms. The molecule has 0 fully saturated rings. The molecule has 0 bridgehead atoms. The van der Waals surface area contributed by atoms with Crippen LogP contribution in [-0.2, 0) is 3.74 Å². The fraction of sp³-hybridized carbons (Fsp3) is 0. The maximum atomic E-state index is 10.5. The molecule has 0 saturated heterocycles. The lowest BCUT2D eigenvalue weighted by atomic mass is 10.2. The summed E-state index contributed by atoms with van der Waals surface area (Å²) >= 11 is 6.84. The van der Waals surface area contributed by atoms with Gasteiger partial charge in [-0.3, -0.25) is 0 Å². The van der Waals surface area contributed by atoms with Crippen LogP contribution in [-0.4, -0.2) is 9.74 Å². The molecule has 1 heterocycles. The molecule has 92 valence electrons. The van der Waals surface area contributed by atoms with Crippen molar-refractivity contribution in [2.75, 3.05) is 0 Å². The standard InChI is InChI=1S/C8H5Cl2NO4S2/c9-7-3-1-2-6(4-7)8-11-16-5-17(8)15-10(12,13)14/h1-5H. The number of nitrogens with zero attached hydrogens (tertiary/aromatic N) is 1. The number of halogens is 2. The Kier molecular flexibility index (Phi) is 4.11. The summed E-state index contributed by atoms with van der Waals surface area (Å²) in [4.78, 5) is 0. The van der Waals surface area contributed by atoms with Gasteiger partial charge < -0.3 is 0 Å². The molecule has 0 saturated carbocycles. The smallest absolute Gasteiger partial charge is 0.167 e. The molecule has 0 amide bonds. The summed E-state index contributed by atoms with van der Waals surface area (Å²) in [5.41, 5.74) is 0.626. The average molecular weight is 314 g/mol. The molecule has 1 atom stereocenters. The van der Waals surface area contributed by atoms with Gasteiger partial charge in [0.2, 0.25) is 0 Å². The van der Waals surface area contributed by atoms with Crippen molar-refractivity contribution in [3.8, 4) is 0 Å². The molecule has 1 aliphatic heterocycles. The highest BCUT2D eigenvalue weighted by Gasteiger charge is 2.29. The van der Waals surface area contributed by atoms with Gasteiger partial charge in [0, 0.05) is 22.5 Å². The van der Waals surface area contributed by atoms with Crippen LogP contribution in [0.25, 0.3) is 0 Å². The van der Waals surface area contributed by atoms with Crippen molar-refractivity contribution in [1.82, 2.24) is 0 Å². The summed E-state index contributed by atoms with van der Waals surface area (Å²) in [6.07, 6.45) is 0. The lowest BCUT2D eigenvalue weighted by Crippen LogP contribution is -2.60. The fourth-order valence-electron chi connectivity index (χ4n) is 1.11. The van der Waals surface area contributed by atoms with Crippen molar-refractivity contribution in [3.05, 3.63) is 34.9 Å². The highest BCUT2D eigenvalue weighted by Crippen LogP contribution is 2.34. The number of benzene rings is 1. The summed E-state index contributed by atoms with van der Waals surface area (Å²) < 4.78 is 41.4. The number of hydrogen-bond donors (Lipinski definition) is 0. The molecule has 9 heteroatoms. The highest BCUT2D eigenvalue weighted by atomic mass is 35.7. The number of rotatable bonds is 3. The summed E-state index contributed by atoms with van der Waals surface area (Å²) in [6.45, 7) is 0. The maximum Gasteiger partial charge on any atom is 0.167 e. The Bertz CT molecular complexity index is 501. The Morgan fingerprint density at radius 1 is 1.35 bits per heavy atom. The maximum absolute atomic E-state index is 10.5. The summed E-state index contributed by atoms with van der Waals surface area (Å²) in [5.74, 6) is 0. The monoisotopic (exact) mass is 313 g/mol. The zero-order valence-corrected chi connectivity index (χ0v) is 11.2. The van der Waals surface area contributed by atoms with E-state index in [4.69, 9.17) is 11.6 Å². The minimum Gasteiger partial charge on any atom is -0.202 e. The van der Waals surface area contributed by atoms with Crippen molar-refractivity contribution >= 4 is 44.1 Å². The van der Waals surface area contributed by atoms with Crippen LogP contribution < -0.4 is 14.0 Å². The van der Waals surface area contributed by atoms with E-state index in [1.165, 1.54) is 4.70 Å². The zero-order valence-electron chi connectivity index (χ0n) is 8.04. The molecule has 1 aromatic carbocycles. The SMILES string of the molecule is [O-][Cl+3]([O-])([O-])OS1=CSN=C1c1cccc(Cl)c1. The molecule has 1 aromatic rings. The van der Waals surface area contributed by atoms with E-state index in [-0.39, 0.29) is 0 Å². The first kappa shape index (κ1) is 13.3. The quantitative estimate of drug-likeness (QED) is 0.559. The second kappa shape index (κ2) is 5.25. The second-order valence-electron chi connectivity index (χ2n) is 2.85. The summed E-state index contributed by atoms with van der Waals surface area (Å²) in [5, 5.41) is 0.873. The molecule has 0 N–H and O–H groups in total. The van der Waals surface area contributed by atoms with Gasteiger partial charge in [0.1, 0.15) is 8.78 Å². The van der Waals surface area contributed by atoms with Gasteiger partial charge in [-0.25, -0.2) is 4.40 Å². The molecule has 1 unspecified atom stereocenters. The van der Waals surface area contributed by atoms with Crippen LogP contribution in [0.1, 0.15) is 5.56 Å². The van der Waals surface area contributed by atoms with Crippen LogP contribution in [0.4, 0.5) is 0 Å². The summed E-state index contributed by atoms with van der Waals surface area (Å²) in [7, 11) is -5.76. The van der Waals surface area contributed by atoms with Crippen molar-refractivity contribution < 1.29 is 28.0 Å². The first-order valence-corrected chi connectivity index (χ1v) is 7.79. The molecule has 17 heavy (non-hydrogen) atoms. The zero-order chi connectivity index (χ0) is 12.5. The van der Waals surface area contributed by atoms with Gasteiger partial charge in [-0.05, 0) is 12.1 Å². The third-order valence-corrected chi connectivity index (χ3v) is 5.22. The Labute approximate surface area is 111 Å². The van der Waals surface area contributed by atoms with Gasteiger partial charge in [0.25, 0.3) is 0 Å². The summed E-state index contributed by atoms with van der Waals surface area (Å²) in [6, 6.07) is 6.72. The lowest BCUT2D eigenvalue weighted by Gasteiger charge is -2.13. The van der Waals surface area contributed by atoms with E-state index in [0.29, 0.717) is 15.6 Å². The lowest BCUT2D eigenvalue weighted by molar-refractivity contribution is -1.91. The van der Waals surface area contributed by atoms with E-state index >= 15 is 0 Å². The van der Waals surface area contributed by atoms with Gasteiger partial charge in [-0.1, -0.05) is 23.7 Å². The third-order valence-electron chi connectivity index (χ3n) is 1.67. The van der Waals surface area contributed by atoms with E-state index in [9.17, 15) is 14.0 Å². The normalized spacial score (nSPS) is 20.0. The topological polar surface area (TPSA) is 90.8 Å². The van der Waals surface area contributed by atoms with Crippen LogP contribution in [0.3, 0.4) is 0 Å². The van der Waals surface area contributed by atoms with E-state index < -0.39 is 21.0 Å². The predicted octanol–water partition coefficient (Wildman–Crippen LogP) is -0.394. The van der Waals surface area contributed by atoms with E-state index in [2.05, 4.69) is 8.13 Å². The second-order valence-corrected chi connectivity index (χ2v) is 6.69. The minimum absolute atomic E-state index is 0.379. The fourth-order valence-corrected chi connectivity index (χ4v) is 4.42. The Balaban J connectivity index is 2.25. The van der Waals surface area contributed by atoms with Gasteiger partial charge in [0.15, 0.2) is 10.8 Å². The van der Waals surface area contributed by atoms with Crippen molar-refractivity contribution in [1.29, 1.82) is 0 Å². The van der Waals surface area contributed by atoms with Crippen LogP contribution in [0.5, 0.6) is 0 Å². The van der Waals surface area contributed by atoms with E-state index in [1.54, 1.807) is 24.3 Å². The largest absolute Gasteiger partial charge is 0.202 e. The van der Waals surface area contributed by atoms with Gasteiger partial charge >= 0.3 is 0 Å². The third kappa shape index (κ3) is 3.67. The molecular weight excluding hydrogens is 309 g/mol. The van der Waals surface area contributed by atoms with Gasteiger partial charge in [-0.2, -0.15) is 14.0 Å². The minimum atomic E-state index is -4.48. The Morgan fingerprint density at radius 2 is 2.12 bits per heavy atom. The molecule has 5 nitrogen and oxygen atoms in total. The van der Waals surface area contributed by atoms with E-state index in [0.717, 1.165) is 11.9 Å². The van der Waals surface area contributed by atoms with Crippen LogP contribution in [0, 0.1) is 10.2 Å². The van der Waals surface area contributed by atoms with Crippen molar-refractivity contribution in [2.24, 2.45) is 4.40 Å². The molecular formula is C8H5Cl2NO4S2. The molecule has 0 radical (unpaired) electrons. The van der Waals surface area contributed by atoms with Crippen molar-refractivity contribution in [3.63, 3.8) is 0 Å². The predicted molar refractivity (Wildman–Crippen MR) is 60.3 cm³/mol. The van der Waals surface area contributed by atoms with Crippen LogP contribution in [0.15, 0.2) is 28.7 Å². The Morgan fingerprint density at radius 3 is 2.76 bits per heavy atom. The first-order chi connectivity index (χ1) is 7.96. The first-order valence-electron chi connectivity index (χ1n) is 4.13. The average Bonchev–Trinajstić information content (AvgIpc) is 2.63. The van der Waals surface area contributed by atoms with E-state index in [1.807, 2.05) is 0 Å². The van der Waals surface area contributed by atoms with Crippen LogP contribution in [0.2, 0.25) is 5.02 Å². The van der Waals surface area contributed by atoms with Crippen LogP contribution >= 0.6 is 34.3 Å². The Hall–Kier alpha value is -0.120. The molecule has 0 aromatic heterocycles. The molecule has 1 aliphatic rings. The van der Waals surface area contributed by atoms with Gasteiger partial charge in [0.05, 0.1) is 14.9 Å². The van der Waals surface area contributed by atoms with Gasteiger partial charge in [-0.15, -0.1) is 0 Å².